The fourth-order valence-electron chi connectivity index (χ4n) is 2.20. The number of rotatable bonds is 4. The third kappa shape index (κ3) is 1.87. The Kier molecular flexibility index (Phi) is 3.33. The molecule has 0 aromatic carbocycles. The van der Waals surface area contributed by atoms with Gasteiger partial charge in [-0.05, 0) is 6.42 Å². The number of fused-ring (bicyclic) bond motifs is 1. The molecule has 0 aliphatic carbocycles. The molecular formula is C11H20N4O. The van der Waals surface area contributed by atoms with Crippen molar-refractivity contribution in [3.05, 3.63) is 5.69 Å². The standard InChI is InChI=1S/C11H20N4O/c1-4-9-10-11(14(2)13-9)15(6-5-12-10)7-8-16-3/h12H,4-8H2,1-3H3. The minimum atomic E-state index is 0.756. The Balaban J connectivity index is 2.27. The van der Waals surface area contributed by atoms with Gasteiger partial charge in [-0.3, -0.25) is 4.68 Å². The molecule has 0 saturated carbocycles. The molecule has 0 radical (unpaired) electrons. The van der Waals surface area contributed by atoms with Crippen LogP contribution >= 0.6 is 0 Å². The monoisotopic (exact) mass is 224 g/mol. The molecule has 5 nitrogen and oxygen atoms in total. The van der Waals surface area contributed by atoms with E-state index in [9.17, 15) is 0 Å². The Morgan fingerprint density at radius 3 is 3.00 bits per heavy atom. The van der Waals surface area contributed by atoms with Crippen molar-refractivity contribution in [2.75, 3.05) is 43.6 Å². The van der Waals surface area contributed by atoms with Crippen molar-refractivity contribution in [3.63, 3.8) is 0 Å². The minimum absolute atomic E-state index is 0.756. The Labute approximate surface area is 96.4 Å². The first-order chi connectivity index (χ1) is 7.77. The molecule has 1 aromatic rings. The topological polar surface area (TPSA) is 42.3 Å². The molecule has 1 aromatic heterocycles. The molecule has 2 heterocycles. The summed E-state index contributed by atoms with van der Waals surface area (Å²) >= 11 is 0. The summed E-state index contributed by atoms with van der Waals surface area (Å²) in [4.78, 5) is 2.33. The molecule has 1 aliphatic heterocycles. The average molecular weight is 224 g/mol. The van der Waals surface area contributed by atoms with Crippen LogP contribution in [0.15, 0.2) is 0 Å². The number of aromatic nitrogens is 2. The van der Waals surface area contributed by atoms with Gasteiger partial charge in [0.15, 0.2) is 5.82 Å². The molecule has 0 atom stereocenters. The fraction of sp³-hybridized carbons (Fsp3) is 0.727. The zero-order valence-corrected chi connectivity index (χ0v) is 10.3. The summed E-state index contributed by atoms with van der Waals surface area (Å²) in [6, 6.07) is 0. The molecule has 0 bridgehead atoms. The lowest BCUT2D eigenvalue weighted by atomic mass is 10.2. The SMILES string of the molecule is CCc1nn(C)c2c1NCCN2CCOC. The highest BCUT2D eigenvalue weighted by molar-refractivity contribution is 5.71. The third-order valence-corrected chi connectivity index (χ3v) is 2.97. The second-order valence-corrected chi connectivity index (χ2v) is 4.03. The highest BCUT2D eigenvalue weighted by Gasteiger charge is 2.23. The summed E-state index contributed by atoms with van der Waals surface area (Å²) in [6.07, 6.45) is 0.967. The van der Waals surface area contributed by atoms with Gasteiger partial charge in [-0.25, -0.2) is 0 Å². The Morgan fingerprint density at radius 2 is 2.31 bits per heavy atom. The smallest absolute Gasteiger partial charge is 0.150 e. The molecule has 0 fully saturated rings. The quantitative estimate of drug-likeness (QED) is 0.823. The van der Waals surface area contributed by atoms with Crippen molar-refractivity contribution in [1.29, 1.82) is 0 Å². The third-order valence-electron chi connectivity index (χ3n) is 2.97. The Morgan fingerprint density at radius 1 is 1.50 bits per heavy atom. The molecule has 5 heteroatoms. The lowest BCUT2D eigenvalue weighted by Crippen LogP contribution is -2.37. The number of aryl methyl sites for hydroxylation is 2. The maximum atomic E-state index is 5.14. The number of ether oxygens (including phenoxy) is 1. The van der Waals surface area contributed by atoms with E-state index in [1.807, 2.05) is 11.7 Å². The number of hydrogen-bond acceptors (Lipinski definition) is 4. The average Bonchev–Trinajstić information content (AvgIpc) is 2.64. The van der Waals surface area contributed by atoms with Crippen molar-refractivity contribution < 1.29 is 4.74 Å². The molecule has 0 unspecified atom stereocenters. The maximum absolute atomic E-state index is 5.14. The summed E-state index contributed by atoms with van der Waals surface area (Å²) in [5.74, 6) is 1.19. The zero-order valence-electron chi connectivity index (χ0n) is 10.3. The van der Waals surface area contributed by atoms with Crippen LogP contribution in [0.3, 0.4) is 0 Å². The van der Waals surface area contributed by atoms with Crippen LogP contribution in [0.4, 0.5) is 11.5 Å². The van der Waals surface area contributed by atoms with Crippen molar-refractivity contribution in [3.8, 4) is 0 Å². The van der Waals surface area contributed by atoms with E-state index in [1.165, 1.54) is 11.5 Å². The lowest BCUT2D eigenvalue weighted by molar-refractivity contribution is 0.205. The van der Waals surface area contributed by atoms with Crippen LogP contribution in [-0.2, 0) is 18.2 Å². The van der Waals surface area contributed by atoms with Crippen LogP contribution in [0, 0.1) is 0 Å². The van der Waals surface area contributed by atoms with Crippen molar-refractivity contribution in [2.24, 2.45) is 7.05 Å². The second kappa shape index (κ2) is 4.74. The Bertz CT molecular complexity index is 361. The first kappa shape index (κ1) is 11.3. The molecule has 90 valence electrons. The predicted molar refractivity (Wildman–Crippen MR) is 65.2 cm³/mol. The van der Waals surface area contributed by atoms with Gasteiger partial charge in [0.2, 0.25) is 0 Å². The number of anilines is 2. The lowest BCUT2D eigenvalue weighted by Gasteiger charge is -2.30. The van der Waals surface area contributed by atoms with E-state index in [0.717, 1.165) is 38.4 Å². The number of methoxy groups -OCH3 is 1. The predicted octanol–water partition coefficient (Wildman–Crippen LogP) is 0.861. The molecule has 1 N–H and O–H groups in total. The first-order valence-electron chi connectivity index (χ1n) is 5.81. The van der Waals surface area contributed by atoms with E-state index < -0.39 is 0 Å². The fourth-order valence-corrected chi connectivity index (χ4v) is 2.20. The van der Waals surface area contributed by atoms with E-state index >= 15 is 0 Å². The van der Waals surface area contributed by atoms with E-state index in [0.29, 0.717) is 0 Å². The van der Waals surface area contributed by atoms with Crippen LogP contribution in [0.2, 0.25) is 0 Å². The van der Waals surface area contributed by atoms with Gasteiger partial charge in [-0.1, -0.05) is 6.92 Å². The van der Waals surface area contributed by atoms with Gasteiger partial charge >= 0.3 is 0 Å². The zero-order chi connectivity index (χ0) is 11.5. The summed E-state index contributed by atoms with van der Waals surface area (Å²) in [5, 5.41) is 7.98. The Hall–Kier alpha value is -1.23. The van der Waals surface area contributed by atoms with Gasteiger partial charge in [-0.2, -0.15) is 5.10 Å². The van der Waals surface area contributed by atoms with E-state index in [-0.39, 0.29) is 0 Å². The van der Waals surface area contributed by atoms with E-state index in [2.05, 4.69) is 22.2 Å². The van der Waals surface area contributed by atoms with Crippen LogP contribution < -0.4 is 10.2 Å². The second-order valence-electron chi connectivity index (χ2n) is 4.03. The molecule has 1 aliphatic rings. The van der Waals surface area contributed by atoms with Crippen LogP contribution in [0.1, 0.15) is 12.6 Å². The van der Waals surface area contributed by atoms with E-state index in [4.69, 9.17) is 4.74 Å². The van der Waals surface area contributed by atoms with Gasteiger partial charge in [0.05, 0.1) is 12.3 Å². The normalized spacial score (nSPS) is 14.8. The van der Waals surface area contributed by atoms with Gasteiger partial charge in [0.25, 0.3) is 0 Å². The summed E-state index contributed by atoms with van der Waals surface area (Å²) in [7, 11) is 3.74. The summed E-state index contributed by atoms with van der Waals surface area (Å²) in [6.45, 7) is 5.81. The number of nitrogens with one attached hydrogen (secondary N) is 1. The highest BCUT2D eigenvalue weighted by atomic mass is 16.5. The van der Waals surface area contributed by atoms with Gasteiger partial charge in [0.1, 0.15) is 5.69 Å². The van der Waals surface area contributed by atoms with Crippen LogP contribution in [0.25, 0.3) is 0 Å². The van der Waals surface area contributed by atoms with Crippen molar-refractivity contribution in [1.82, 2.24) is 9.78 Å². The van der Waals surface area contributed by atoms with Crippen molar-refractivity contribution >= 4 is 11.5 Å². The number of hydrogen-bond donors (Lipinski definition) is 1. The van der Waals surface area contributed by atoms with Crippen LogP contribution in [0.5, 0.6) is 0 Å². The van der Waals surface area contributed by atoms with Gasteiger partial charge in [0, 0.05) is 33.8 Å². The molecule has 0 spiro atoms. The van der Waals surface area contributed by atoms with E-state index in [1.54, 1.807) is 7.11 Å². The summed E-state index contributed by atoms with van der Waals surface area (Å²) in [5.41, 5.74) is 2.35. The molecule has 0 saturated heterocycles. The number of nitrogens with zero attached hydrogens (tertiary/aromatic N) is 3. The highest BCUT2D eigenvalue weighted by Crippen LogP contribution is 2.31. The maximum Gasteiger partial charge on any atom is 0.150 e. The van der Waals surface area contributed by atoms with Crippen molar-refractivity contribution in [2.45, 2.75) is 13.3 Å². The van der Waals surface area contributed by atoms with Gasteiger partial charge < -0.3 is 15.0 Å². The molecule has 16 heavy (non-hydrogen) atoms. The molecule has 2 rings (SSSR count). The summed E-state index contributed by atoms with van der Waals surface area (Å²) < 4.78 is 7.11. The largest absolute Gasteiger partial charge is 0.383 e. The molecule has 0 amide bonds. The van der Waals surface area contributed by atoms with Crippen LogP contribution in [-0.4, -0.2) is 43.1 Å². The minimum Gasteiger partial charge on any atom is -0.383 e. The molecular weight excluding hydrogens is 204 g/mol. The first-order valence-corrected chi connectivity index (χ1v) is 5.81. The van der Waals surface area contributed by atoms with Gasteiger partial charge in [-0.15, -0.1) is 0 Å².